The highest BCUT2D eigenvalue weighted by Gasteiger charge is 2.17. The molecule has 0 radical (unpaired) electrons. The van der Waals surface area contributed by atoms with Crippen LogP contribution in [0.15, 0.2) is 53.6 Å². The van der Waals surface area contributed by atoms with Gasteiger partial charge in [0.25, 0.3) is 0 Å². The number of aromatic nitrogens is 3. The molecule has 146 valence electrons. The van der Waals surface area contributed by atoms with Gasteiger partial charge >= 0.3 is 0 Å². The van der Waals surface area contributed by atoms with Crippen molar-refractivity contribution < 1.29 is 0 Å². The molecule has 3 heterocycles. The van der Waals surface area contributed by atoms with Gasteiger partial charge in [-0.3, -0.25) is 5.10 Å². The number of benzene rings is 1. The molecule has 4 rings (SSSR count). The standard InChI is InChI=1S/C21H26N6S/c1-16-12-19(25-24-16)22-18-13-20(27-10-8-26(2)9-11-27)23-21(14-18)28-15-17-6-4-3-5-7-17/h3-7,12-14H,8-11,15H2,1-2H3,(H2,22,23,24,25). The van der Waals surface area contributed by atoms with Crippen LogP contribution in [-0.4, -0.2) is 53.3 Å². The number of H-pyrrole nitrogens is 1. The molecule has 0 unspecified atom stereocenters. The van der Waals surface area contributed by atoms with Crippen molar-refractivity contribution in [2.75, 3.05) is 43.4 Å². The van der Waals surface area contributed by atoms with Gasteiger partial charge in [-0.15, -0.1) is 11.8 Å². The van der Waals surface area contributed by atoms with Crippen molar-refractivity contribution in [1.29, 1.82) is 0 Å². The summed E-state index contributed by atoms with van der Waals surface area (Å²) in [5, 5.41) is 11.7. The third-order valence-corrected chi connectivity index (χ3v) is 5.81. The highest BCUT2D eigenvalue weighted by atomic mass is 32.2. The largest absolute Gasteiger partial charge is 0.354 e. The number of aryl methyl sites for hydroxylation is 1. The maximum absolute atomic E-state index is 4.95. The fourth-order valence-electron chi connectivity index (χ4n) is 3.20. The maximum Gasteiger partial charge on any atom is 0.152 e. The molecule has 28 heavy (non-hydrogen) atoms. The average Bonchev–Trinajstić information content (AvgIpc) is 3.12. The second-order valence-electron chi connectivity index (χ2n) is 7.18. The van der Waals surface area contributed by atoms with E-state index in [2.05, 4.69) is 68.8 Å². The van der Waals surface area contributed by atoms with Crippen molar-refractivity contribution in [2.45, 2.75) is 17.7 Å². The zero-order valence-electron chi connectivity index (χ0n) is 16.4. The second-order valence-corrected chi connectivity index (χ2v) is 8.17. The minimum Gasteiger partial charge on any atom is -0.354 e. The van der Waals surface area contributed by atoms with E-state index in [-0.39, 0.29) is 0 Å². The first-order valence-corrected chi connectivity index (χ1v) is 10.6. The van der Waals surface area contributed by atoms with Crippen molar-refractivity contribution in [3.63, 3.8) is 0 Å². The Hall–Kier alpha value is -2.51. The van der Waals surface area contributed by atoms with E-state index in [1.165, 1.54) is 5.56 Å². The maximum atomic E-state index is 4.95. The Labute approximate surface area is 170 Å². The van der Waals surface area contributed by atoms with Crippen LogP contribution in [0.2, 0.25) is 0 Å². The number of nitrogens with zero attached hydrogens (tertiary/aromatic N) is 4. The van der Waals surface area contributed by atoms with E-state index in [4.69, 9.17) is 4.98 Å². The van der Waals surface area contributed by atoms with Gasteiger partial charge in [0.05, 0.1) is 0 Å². The minimum absolute atomic E-state index is 0.826. The predicted molar refractivity (Wildman–Crippen MR) is 117 cm³/mol. The van der Waals surface area contributed by atoms with Gasteiger partial charge in [-0.1, -0.05) is 30.3 Å². The van der Waals surface area contributed by atoms with Gasteiger partial charge in [-0.2, -0.15) is 5.10 Å². The second kappa shape index (κ2) is 8.67. The van der Waals surface area contributed by atoms with E-state index in [0.717, 1.165) is 60.0 Å². The molecule has 0 bridgehead atoms. The molecular weight excluding hydrogens is 368 g/mol. The smallest absolute Gasteiger partial charge is 0.152 e. The van der Waals surface area contributed by atoms with Crippen molar-refractivity contribution in [3.05, 3.63) is 59.8 Å². The number of nitrogens with one attached hydrogen (secondary N) is 2. The predicted octanol–water partition coefficient (Wildman–Crippen LogP) is 3.90. The van der Waals surface area contributed by atoms with Crippen molar-refractivity contribution in [1.82, 2.24) is 20.1 Å². The Morgan fingerprint density at radius 3 is 2.57 bits per heavy atom. The lowest BCUT2D eigenvalue weighted by Gasteiger charge is -2.33. The van der Waals surface area contributed by atoms with Gasteiger partial charge in [0.1, 0.15) is 10.8 Å². The van der Waals surface area contributed by atoms with Crippen LogP contribution in [0.3, 0.4) is 0 Å². The molecule has 1 fully saturated rings. The monoisotopic (exact) mass is 394 g/mol. The van der Waals surface area contributed by atoms with Crippen molar-refractivity contribution in [3.8, 4) is 0 Å². The summed E-state index contributed by atoms with van der Waals surface area (Å²) in [6, 6.07) is 16.8. The summed E-state index contributed by atoms with van der Waals surface area (Å²) in [7, 11) is 2.17. The van der Waals surface area contributed by atoms with Gasteiger partial charge in [-0.25, -0.2) is 4.98 Å². The van der Waals surface area contributed by atoms with E-state index >= 15 is 0 Å². The number of thioether (sulfide) groups is 1. The number of pyridine rings is 1. The SMILES string of the molecule is Cc1cc(Nc2cc(SCc3ccccc3)nc(N3CCN(C)CC3)c2)n[nH]1. The number of anilines is 3. The Kier molecular flexibility index (Phi) is 5.83. The summed E-state index contributed by atoms with van der Waals surface area (Å²) < 4.78 is 0. The Morgan fingerprint density at radius 2 is 1.86 bits per heavy atom. The van der Waals surface area contributed by atoms with Crippen LogP contribution in [0, 0.1) is 6.92 Å². The van der Waals surface area contributed by atoms with Crippen LogP contribution in [0.25, 0.3) is 0 Å². The molecule has 0 atom stereocenters. The molecule has 1 aliphatic rings. The van der Waals surface area contributed by atoms with Gasteiger partial charge < -0.3 is 15.1 Å². The molecule has 6 nitrogen and oxygen atoms in total. The van der Waals surface area contributed by atoms with Gasteiger partial charge in [-0.05, 0) is 25.6 Å². The van der Waals surface area contributed by atoms with Crippen molar-refractivity contribution >= 4 is 29.1 Å². The van der Waals surface area contributed by atoms with Crippen LogP contribution < -0.4 is 10.2 Å². The van der Waals surface area contributed by atoms with Crippen LogP contribution >= 0.6 is 11.8 Å². The summed E-state index contributed by atoms with van der Waals surface area (Å²) in [5.74, 6) is 2.76. The zero-order valence-corrected chi connectivity index (χ0v) is 17.2. The third-order valence-electron chi connectivity index (χ3n) is 4.82. The summed E-state index contributed by atoms with van der Waals surface area (Å²) in [6.07, 6.45) is 0. The molecule has 1 saturated heterocycles. The van der Waals surface area contributed by atoms with Gasteiger partial charge in [0, 0.05) is 55.4 Å². The Morgan fingerprint density at radius 1 is 1.07 bits per heavy atom. The highest BCUT2D eigenvalue weighted by molar-refractivity contribution is 7.98. The molecule has 7 heteroatoms. The molecule has 0 spiro atoms. The van der Waals surface area contributed by atoms with Gasteiger partial charge in [0.15, 0.2) is 5.82 Å². The highest BCUT2D eigenvalue weighted by Crippen LogP contribution is 2.29. The molecule has 0 aliphatic carbocycles. The topological polar surface area (TPSA) is 60.1 Å². The van der Waals surface area contributed by atoms with E-state index in [1.807, 2.05) is 19.1 Å². The van der Waals surface area contributed by atoms with Crippen molar-refractivity contribution in [2.24, 2.45) is 0 Å². The molecule has 0 amide bonds. The summed E-state index contributed by atoms with van der Waals surface area (Å²) in [5.41, 5.74) is 3.36. The lowest BCUT2D eigenvalue weighted by atomic mass is 10.2. The van der Waals surface area contributed by atoms with E-state index < -0.39 is 0 Å². The van der Waals surface area contributed by atoms with Crippen LogP contribution in [0.5, 0.6) is 0 Å². The summed E-state index contributed by atoms with van der Waals surface area (Å²) >= 11 is 1.77. The number of hydrogen-bond acceptors (Lipinski definition) is 6. The van der Waals surface area contributed by atoms with E-state index in [0.29, 0.717) is 0 Å². The molecule has 0 saturated carbocycles. The minimum atomic E-state index is 0.826. The lowest BCUT2D eigenvalue weighted by molar-refractivity contribution is 0.312. The number of piperazine rings is 1. The molecule has 3 aromatic rings. The number of aromatic amines is 1. The van der Waals surface area contributed by atoms with Gasteiger partial charge in [0.2, 0.25) is 0 Å². The fourth-order valence-corrected chi connectivity index (χ4v) is 4.07. The first kappa shape index (κ1) is 18.8. The number of hydrogen-bond donors (Lipinski definition) is 2. The summed E-state index contributed by atoms with van der Waals surface area (Å²) in [4.78, 5) is 9.67. The quantitative estimate of drug-likeness (QED) is 0.619. The van der Waals surface area contributed by atoms with Crippen LogP contribution in [0.1, 0.15) is 11.3 Å². The van der Waals surface area contributed by atoms with E-state index in [9.17, 15) is 0 Å². The first-order valence-electron chi connectivity index (χ1n) is 9.57. The molecular formula is C21H26N6S. The average molecular weight is 395 g/mol. The molecule has 1 aromatic carbocycles. The first-order chi connectivity index (χ1) is 13.7. The molecule has 2 aromatic heterocycles. The summed E-state index contributed by atoms with van der Waals surface area (Å²) in [6.45, 7) is 6.12. The molecule has 1 aliphatic heterocycles. The molecule has 2 N–H and O–H groups in total. The number of rotatable bonds is 6. The van der Waals surface area contributed by atoms with Crippen LogP contribution in [0.4, 0.5) is 17.3 Å². The Bertz CT molecular complexity index is 902. The zero-order chi connectivity index (χ0) is 19.3. The number of likely N-dealkylation sites (N-methyl/N-ethyl adjacent to an activating group) is 1. The fraction of sp³-hybridized carbons (Fsp3) is 0.333. The van der Waals surface area contributed by atoms with Crippen LogP contribution in [-0.2, 0) is 5.75 Å². The normalized spacial score (nSPS) is 15.0. The lowest BCUT2D eigenvalue weighted by Crippen LogP contribution is -2.44. The van der Waals surface area contributed by atoms with E-state index in [1.54, 1.807) is 11.8 Å². The Balaban J connectivity index is 1.56. The third kappa shape index (κ3) is 4.85.